The van der Waals surface area contributed by atoms with Crippen molar-refractivity contribution in [2.45, 2.75) is 19.3 Å². The van der Waals surface area contributed by atoms with Crippen molar-refractivity contribution in [3.05, 3.63) is 70.5 Å². The molecule has 112 valence electrons. The van der Waals surface area contributed by atoms with Crippen LogP contribution in [-0.2, 0) is 4.79 Å². The van der Waals surface area contributed by atoms with E-state index in [0.717, 1.165) is 24.0 Å². The Morgan fingerprint density at radius 1 is 1.09 bits per heavy atom. The van der Waals surface area contributed by atoms with Gasteiger partial charge in [0, 0.05) is 17.0 Å². The van der Waals surface area contributed by atoms with Crippen molar-refractivity contribution in [2.75, 3.05) is 0 Å². The van der Waals surface area contributed by atoms with Gasteiger partial charge >= 0.3 is 0 Å². The molecule has 0 atom stereocenters. The molecule has 0 N–H and O–H groups in total. The van der Waals surface area contributed by atoms with Gasteiger partial charge in [0.25, 0.3) is 0 Å². The predicted molar refractivity (Wildman–Crippen MR) is 88.1 cm³/mol. The first kappa shape index (κ1) is 15.0. The van der Waals surface area contributed by atoms with E-state index < -0.39 is 0 Å². The van der Waals surface area contributed by atoms with Crippen molar-refractivity contribution in [3.8, 4) is 0 Å². The number of hydrogen-bond acceptors (Lipinski definition) is 1. The molecule has 1 nitrogen and oxygen atoms in total. The maximum absolute atomic E-state index is 13.1. The number of carbonyl (C=O) groups excluding carboxylic acids is 1. The third kappa shape index (κ3) is 3.83. The van der Waals surface area contributed by atoms with Crippen LogP contribution in [-0.4, -0.2) is 5.78 Å². The van der Waals surface area contributed by atoms with Crippen LogP contribution in [0, 0.1) is 11.7 Å². The molecular weight excluding hydrogens is 299 g/mol. The Hall–Kier alpha value is -1.93. The van der Waals surface area contributed by atoms with Gasteiger partial charge in [-0.15, -0.1) is 0 Å². The Morgan fingerprint density at radius 3 is 2.32 bits per heavy atom. The molecule has 0 unspecified atom stereocenters. The summed E-state index contributed by atoms with van der Waals surface area (Å²) in [5.74, 6) is 0.329. The van der Waals surface area contributed by atoms with Crippen molar-refractivity contribution in [1.29, 1.82) is 0 Å². The number of allylic oxidation sites excluding steroid dienone is 1. The van der Waals surface area contributed by atoms with E-state index in [1.807, 2.05) is 18.2 Å². The minimum atomic E-state index is -0.302. The summed E-state index contributed by atoms with van der Waals surface area (Å²) in [5, 5.41) is 0.657. The van der Waals surface area contributed by atoms with Gasteiger partial charge in [0.2, 0.25) is 0 Å². The van der Waals surface area contributed by atoms with Gasteiger partial charge < -0.3 is 0 Å². The lowest BCUT2D eigenvalue weighted by Gasteiger charge is -2.08. The average Bonchev–Trinajstić information content (AvgIpc) is 3.31. The van der Waals surface area contributed by atoms with E-state index in [-0.39, 0.29) is 11.6 Å². The van der Waals surface area contributed by atoms with E-state index in [0.29, 0.717) is 22.9 Å². The predicted octanol–water partition coefficient (Wildman–Crippen LogP) is 5.39. The lowest BCUT2D eigenvalue weighted by Crippen LogP contribution is -2.03. The third-order valence-corrected chi connectivity index (χ3v) is 4.06. The van der Waals surface area contributed by atoms with E-state index in [1.165, 1.54) is 12.1 Å². The Labute approximate surface area is 134 Å². The summed E-state index contributed by atoms with van der Waals surface area (Å²) >= 11 is 5.89. The van der Waals surface area contributed by atoms with E-state index in [1.54, 1.807) is 24.3 Å². The number of Topliss-reactive ketones (excluding diaryl/α,β-unsaturated/α-hetero) is 1. The van der Waals surface area contributed by atoms with Gasteiger partial charge in [0.05, 0.1) is 0 Å². The van der Waals surface area contributed by atoms with Gasteiger partial charge in [-0.1, -0.05) is 35.9 Å². The summed E-state index contributed by atoms with van der Waals surface area (Å²) in [6, 6.07) is 13.4. The first-order valence-electron chi connectivity index (χ1n) is 7.38. The number of benzene rings is 2. The highest BCUT2D eigenvalue weighted by atomic mass is 35.5. The zero-order chi connectivity index (χ0) is 15.5. The second-order valence-corrected chi connectivity index (χ2v) is 6.12. The Morgan fingerprint density at radius 2 is 1.73 bits per heavy atom. The highest BCUT2D eigenvalue weighted by Crippen LogP contribution is 2.35. The van der Waals surface area contributed by atoms with Gasteiger partial charge in [-0.2, -0.15) is 0 Å². The zero-order valence-corrected chi connectivity index (χ0v) is 12.8. The van der Waals surface area contributed by atoms with Crippen LogP contribution in [0.5, 0.6) is 0 Å². The summed E-state index contributed by atoms with van der Waals surface area (Å²) in [7, 11) is 0. The van der Waals surface area contributed by atoms with Crippen LogP contribution < -0.4 is 0 Å². The van der Waals surface area contributed by atoms with Crippen LogP contribution in [0.15, 0.2) is 48.5 Å². The summed E-state index contributed by atoms with van der Waals surface area (Å²) in [5.41, 5.74) is 2.30. The summed E-state index contributed by atoms with van der Waals surface area (Å²) in [4.78, 5) is 12.6. The molecule has 2 aromatic rings. The van der Waals surface area contributed by atoms with Crippen molar-refractivity contribution in [3.63, 3.8) is 0 Å². The van der Waals surface area contributed by atoms with Crippen LogP contribution in [0.2, 0.25) is 5.02 Å². The topological polar surface area (TPSA) is 17.1 Å². The van der Waals surface area contributed by atoms with E-state index >= 15 is 0 Å². The monoisotopic (exact) mass is 314 g/mol. The quantitative estimate of drug-likeness (QED) is 0.534. The second kappa shape index (κ2) is 6.45. The molecule has 1 aliphatic carbocycles. The van der Waals surface area contributed by atoms with Crippen LogP contribution in [0.25, 0.3) is 11.6 Å². The number of ketones is 1. The van der Waals surface area contributed by atoms with Gasteiger partial charge in [0.15, 0.2) is 5.78 Å². The van der Waals surface area contributed by atoms with Crippen molar-refractivity contribution in [2.24, 2.45) is 5.92 Å². The Bertz CT molecular complexity index is 697. The molecule has 0 aromatic heterocycles. The molecule has 0 heterocycles. The molecule has 0 spiro atoms. The third-order valence-electron chi connectivity index (χ3n) is 3.81. The molecular formula is C19H16ClFO. The minimum Gasteiger partial charge on any atom is -0.294 e. The number of hydrogen-bond donors (Lipinski definition) is 0. The Balaban J connectivity index is 1.95. The highest BCUT2D eigenvalue weighted by Gasteiger charge is 2.26. The molecule has 1 saturated carbocycles. The highest BCUT2D eigenvalue weighted by molar-refractivity contribution is 6.30. The number of carbonyl (C=O) groups is 1. The zero-order valence-electron chi connectivity index (χ0n) is 12.1. The maximum Gasteiger partial charge on any atom is 0.163 e. The lowest BCUT2D eigenvalue weighted by atomic mass is 9.96. The largest absolute Gasteiger partial charge is 0.294 e. The van der Waals surface area contributed by atoms with Crippen molar-refractivity contribution >= 4 is 29.0 Å². The number of rotatable bonds is 5. The summed E-state index contributed by atoms with van der Waals surface area (Å²) < 4.78 is 13.1. The molecule has 2 aromatic carbocycles. The average molecular weight is 315 g/mol. The van der Waals surface area contributed by atoms with Crippen LogP contribution in [0.1, 0.15) is 30.4 Å². The molecule has 0 amide bonds. The van der Waals surface area contributed by atoms with Crippen LogP contribution in [0.4, 0.5) is 4.39 Å². The van der Waals surface area contributed by atoms with Crippen molar-refractivity contribution < 1.29 is 9.18 Å². The van der Waals surface area contributed by atoms with Gasteiger partial charge in [0.1, 0.15) is 5.82 Å². The molecule has 0 saturated heterocycles. The standard InChI is InChI=1S/C19H16ClFO/c20-16-7-3-13(4-8-16)11-18(19(22)12-14-1-2-14)15-5-9-17(21)10-6-15/h3-11,14H,1-2,12H2/b18-11+. The first-order valence-corrected chi connectivity index (χ1v) is 7.76. The molecule has 3 rings (SSSR count). The normalized spacial score (nSPS) is 14.9. The van der Waals surface area contributed by atoms with Gasteiger partial charge in [-0.05, 0) is 60.2 Å². The molecule has 0 bridgehead atoms. The fraction of sp³-hybridized carbons (Fsp3) is 0.211. The minimum absolute atomic E-state index is 0.115. The molecule has 1 aliphatic rings. The SMILES string of the molecule is O=C(CC1CC1)/C(=C/c1ccc(Cl)cc1)c1ccc(F)cc1. The summed E-state index contributed by atoms with van der Waals surface area (Å²) in [6.45, 7) is 0. The second-order valence-electron chi connectivity index (χ2n) is 5.69. The smallest absolute Gasteiger partial charge is 0.163 e. The van der Waals surface area contributed by atoms with E-state index in [4.69, 9.17) is 11.6 Å². The first-order chi connectivity index (χ1) is 10.6. The molecule has 22 heavy (non-hydrogen) atoms. The lowest BCUT2D eigenvalue weighted by molar-refractivity contribution is -0.114. The summed E-state index contributed by atoms with van der Waals surface area (Å²) in [6.07, 6.45) is 4.68. The molecule has 0 radical (unpaired) electrons. The fourth-order valence-corrected chi connectivity index (χ4v) is 2.50. The van der Waals surface area contributed by atoms with Crippen molar-refractivity contribution in [1.82, 2.24) is 0 Å². The molecule has 1 fully saturated rings. The van der Waals surface area contributed by atoms with Gasteiger partial charge in [-0.25, -0.2) is 4.39 Å². The van der Waals surface area contributed by atoms with Crippen LogP contribution in [0.3, 0.4) is 0 Å². The van der Waals surface area contributed by atoms with Crippen LogP contribution >= 0.6 is 11.6 Å². The molecule has 0 aliphatic heterocycles. The maximum atomic E-state index is 13.1. The Kier molecular flexibility index (Phi) is 4.39. The fourth-order valence-electron chi connectivity index (χ4n) is 2.37. The van der Waals surface area contributed by atoms with E-state index in [2.05, 4.69) is 0 Å². The molecule has 3 heteroatoms. The van der Waals surface area contributed by atoms with Gasteiger partial charge in [-0.3, -0.25) is 4.79 Å². The number of halogens is 2. The van der Waals surface area contributed by atoms with E-state index in [9.17, 15) is 9.18 Å².